The smallest absolute Gasteiger partial charge is 0.193 e. The van der Waals surface area contributed by atoms with Gasteiger partial charge in [0.05, 0.1) is 0 Å². The molecule has 172 valence electrons. The molecule has 2 heteroatoms. The first kappa shape index (κ1) is 22.9. The molecule has 0 saturated heterocycles. The van der Waals surface area contributed by atoms with E-state index < -0.39 is 0 Å². The van der Waals surface area contributed by atoms with Gasteiger partial charge < -0.3 is 0 Å². The van der Waals surface area contributed by atoms with Gasteiger partial charge in [-0.15, -0.1) is 0 Å². The second-order valence-electron chi connectivity index (χ2n) is 8.51. The molecular formula is C34H24O2. The van der Waals surface area contributed by atoms with E-state index in [-0.39, 0.29) is 11.6 Å². The average molecular weight is 465 g/mol. The minimum absolute atomic E-state index is 0.0707. The molecular weight excluding hydrogens is 440 g/mol. The third-order valence-corrected chi connectivity index (χ3v) is 6.10. The molecule has 0 saturated carbocycles. The molecule has 36 heavy (non-hydrogen) atoms. The van der Waals surface area contributed by atoms with Crippen LogP contribution in [0.2, 0.25) is 0 Å². The van der Waals surface area contributed by atoms with Crippen molar-refractivity contribution in [3.63, 3.8) is 0 Å². The highest BCUT2D eigenvalue weighted by Crippen LogP contribution is 2.19. The summed E-state index contributed by atoms with van der Waals surface area (Å²) < 4.78 is 0. The van der Waals surface area contributed by atoms with Gasteiger partial charge in [0.25, 0.3) is 0 Å². The Kier molecular flexibility index (Phi) is 6.77. The van der Waals surface area contributed by atoms with Gasteiger partial charge >= 0.3 is 0 Å². The SMILES string of the molecule is O=C(c1ccccc1)c1ccc2ccccc2c1.O=C(c1ccccc1)c1ccc2ccccc2c1. The van der Waals surface area contributed by atoms with Crippen molar-refractivity contribution in [1.29, 1.82) is 0 Å². The van der Waals surface area contributed by atoms with Crippen molar-refractivity contribution >= 4 is 33.1 Å². The van der Waals surface area contributed by atoms with Gasteiger partial charge in [0.15, 0.2) is 11.6 Å². The van der Waals surface area contributed by atoms with Crippen molar-refractivity contribution in [2.75, 3.05) is 0 Å². The summed E-state index contributed by atoms with van der Waals surface area (Å²) in [5.41, 5.74) is 2.93. The summed E-state index contributed by atoms with van der Waals surface area (Å²) in [7, 11) is 0. The van der Waals surface area contributed by atoms with Crippen molar-refractivity contribution in [3.05, 3.63) is 168 Å². The summed E-state index contributed by atoms with van der Waals surface area (Å²) in [6, 6.07) is 46.5. The molecule has 6 aromatic carbocycles. The summed E-state index contributed by atoms with van der Waals surface area (Å²) in [6.07, 6.45) is 0. The van der Waals surface area contributed by atoms with Crippen LogP contribution in [0, 0.1) is 0 Å². The predicted molar refractivity (Wildman–Crippen MR) is 148 cm³/mol. The fourth-order valence-electron chi connectivity index (χ4n) is 4.17. The first-order chi connectivity index (χ1) is 17.7. The van der Waals surface area contributed by atoms with E-state index in [2.05, 4.69) is 0 Å². The molecule has 0 bridgehead atoms. The molecule has 0 unspecified atom stereocenters. The van der Waals surface area contributed by atoms with Gasteiger partial charge in [0.2, 0.25) is 0 Å². The van der Waals surface area contributed by atoms with Crippen LogP contribution in [0.4, 0.5) is 0 Å². The average Bonchev–Trinajstić information content (AvgIpc) is 2.97. The Hall–Kier alpha value is -4.82. The van der Waals surface area contributed by atoms with E-state index in [9.17, 15) is 9.59 Å². The van der Waals surface area contributed by atoms with E-state index >= 15 is 0 Å². The van der Waals surface area contributed by atoms with E-state index in [1.165, 1.54) is 0 Å². The van der Waals surface area contributed by atoms with Crippen LogP contribution in [0.1, 0.15) is 31.8 Å². The standard InChI is InChI=1S/2C17H12O/c2*18-17(14-7-2-1-3-8-14)16-11-10-13-6-4-5-9-15(13)12-16/h2*1-12H. The van der Waals surface area contributed by atoms with Gasteiger partial charge in [-0.2, -0.15) is 0 Å². The van der Waals surface area contributed by atoms with Crippen LogP contribution < -0.4 is 0 Å². The Labute approximate surface area is 210 Å². The monoisotopic (exact) mass is 464 g/mol. The van der Waals surface area contributed by atoms with Crippen molar-refractivity contribution in [2.24, 2.45) is 0 Å². The number of benzene rings is 6. The van der Waals surface area contributed by atoms with Gasteiger partial charge in [0, 0.05) is 22.3 Å². The van der Waals surface area contributed by atoms with Crippen LogP contribution in [-0.4, -0.2) is 11.6 Å². The summed E-state index contributed by atoms with van der Waals surface area (Å²) in [5.74, 6) is 0.141. The maximum atomic E-state index is 12.3. The molecule has 0 aliphatic heterocycles. The fourth-order valence-corrected chi connectivity index (χ4v) is 4.17. The number of ketones is 2. The summed E-state index contributed by atoms with van der Waals surface area (Å²) in [4.78, 5) is 24.6. The highest BCUT2D eigenvalue weighted by molar-refractivity contribution is 6.11. The molecule has 2 nitrogen and oxygen atoms in total. The molecule has 0 aliphatic rings. The lowest BCUT2D eigenvalue weighted by Gasteiger charge is -2.03. The highest BCUT2D eigenvalue weighted by Gasteiger charge is 2.09. The molecule has 0 aliphatic carbocycles. The Morgan fingerprint density at radius 2 is 0.639 bits per heavy atom. The molecule has 0 spiro atoms. The van der Waals surface area contributed by atoms with Gasteiger partial charge in [-0.3, -0.25) is 9.59 Å². The summed E-state index contributed by atoms with van der Waals surface area (Å²) in [6.45, 7) is 0. The summed E-state index contributed by atoms with van der Waals surface area (Å²) >= 11 is 0. The van der Waals surface area contributed by atoms with E-state index in [1.54, 1.807) is 0 Å². The molecule has 6 aromatic rings. The zero-order valence-electron chi connectivity index (χ0n) is 19.7. The fraction of sp³-hybridized carbons (Fsp3) is 0. The molecule has 0 fully saturated rings. The van der Waals surface area contributed by atoms with Crippen LogP contribution in [-0.2, 0) is 0 Å². The minimum atomic E-state index is 0.0707. The zero-order chi connectivity index (χ0) is 24.7. The molecule has 0 heterocycles. The van der Waals surface area contributed by atoms with Crippen LogP contribution in [0.3, 0.4) is 0 Å². The minimum Gasteiger partial charge on any atom is -0.289 e. The van der Waals surface area contributed by atoms with E-state index in [1.807, 2.05) is 146 Å². The third-order valence-electron chi connectivity index (χ3n) is 6.10. The zero-order valence-corrected chi connectivity index (χ0v) is 19.7. The normalized spacial score (nSPS) is 10.4. The molecule has 0 atom stereocenters. The third kappa shape index (κ3) is 5.13. The quantitative estimate of drug-likeness (QED) is 0.247. The molecule has 0 aromatic heterocycles. The second-order valence-corrected chi connectivity index (χ2v) is 8.51. The van der Waals surface area contributed by atoms with Crippen molar-refractivity contribution in [1.82, 2.24) is 0 Å². The van der Waals surface area contributed by atoms with Crippen LogP contribution in [0.5, 0.6) is 0 Å². The summed E-state index contributed by atoms with van der Waals surface area (Å²) in [5, 5.41) is 4.50. The van der Waals surface area contributed by atoms with Crippen LogP contribution in [0.25, 0.3) is 21.5 Å². The molecule has 6 rings (SSSR count). The largest absolute Gasteiger partial charge is 0.289 e. The topological polar surface area (TPSA) is 34.1 Å². The Balaban J connectivity index is 0.000000148. The number of hydrogen-bond acceptors (Lipinski definition) is 2. The van der Waals surface area contributed by atoms with Gasteiger partial charge in [0.1, 0.15) is 0 Å². The van der Waals surface area contributed by atoms with Crippen LogP contribution >= 0.6 is 0 Å². The molecule has 0 N–H and O–H groups in total. The highest BCUT2D eigenvalue weighted by atomic mass is 16.1. The number of rotatable bonds is 4. The number of hydrogen-bond donors (Lipinski definition) is 0. The predicted octanol–water partition coefficient (Wildman–Crippen LogP) is 8.14. The Morgan fingerprint density at radius 1 is 0.306 bits per heavy atom. The Bertz CT molecular complexity index is 1520. The van der Waals surface area contributed by atoms with Gasteiger partial charge in [-0.25, -0.2) is 0 Å². The number of fused-ring (bicyclic) bond motifs is 2. The number of carbonyl (C=O) groups excluding carboxylic acids is 2. The van der Waals surface area contributed by atoms with E-state index in [4.69, 9.17) is 0 Å². The van der Waals surface area contributed by atoms with Crippen LogP contribution in [0.15, 0.2) is 146 Å². The first-order valence-electron chi connectivity index (χ1n) is 11.9. The van der Waals surface area contributed by atoms with Gasteiger partial charge in [-0.1, -0.05) is 133 Å². The Morgan fingerprint density at radius 3 is 1.03 bits per heavy atom. The van der Waals surface area contributed by atoms with Gasteiger partial charge in [-0.05, 0) is 33.7 Å². The maximum Gasteiger partial charge on any atom is 0.193 e. The lowest BCUT2D eigenvalue weighted by Crippen LogP contribution is -2.00. The van der Waals surface area contributed by atoms with Crippen molar-refractivity contribution < 1.29 is 9.59 Å². The van der Waals surface area contributed by atoms with E-state index in [0.29, 0.717) is 0 Å². The lowest BCUT2D eigenvalue weighted by molar-refractivity contribution is 0.103. The molecule has 0 radical (unpaired) electrons. The number of carbonyl (C=O) groups is 2. The molecule has 0 amide bonds. The second kappa shape index (κ2) is 10.6. The van der Waals surface area contributed by atoms with Crippen molar-refractivity contribution in [2.45, 2.75) is 0 Å². The lowest BCUT2D eigenvalue weighted by atomic mass is 10.0. The first-order valence-corrected chi connectivity index (χ1v) is 11.9. The van der Waals surface area contributed by atoms with E-state index in [0.717, 1.165) is 43.8 Å². The maximum absolute atomic E-state index is 12.3. The van der Waals surface area contributed by atoms with Crippen molar-refractivity contribution in [3.8, 4) is 0 Å².